The van der Waals surface area contributed by atoms with Crippen LogP contribution in [0.5, 0.6) is 0 Å². The van der Waals surface area contributed by atoms with Crippen molar-refractivity contribution in [1.29, 1.82) is 0 Å². The Morgan fingerprint density at radius 2 is 1.61 bits per heavy atom. The first-order valence-electron chi connectivity index (χ1n) is 7.90. The molecule has 0 aliphatic heterocycles. The summed E-state index contributed by atoms with van der Waals surface area (Å²) in [4.78, 5) is 12.3. The summed E-state index contributed by atoms with van der Waals surface area (Å²) in [6, 6.07) is 15.8. The fraction of sp³-hybridized carbons (Fsp3) is 0.350. The normalized spacial score (nSPS) is 12.7. The molecule has 1 unspecified atom stereocenters. The Bertz CT molecular complexity index is 654. The molecule has 0 fully saturated rings. The summed E-state index contributed by atoms with van der Waals surface area (Å²) in [5, 5.41) is 3.68. The molecular formula is C20H24ClNO. The Hall–Kier alpha value is -1.80. The lowest BCUT2D eigenvalue weighted by atomic mass is 9.87. The molecule has 2 nitrogen and oxygen atoms in total. The van der Waals surface area contributed by atoms with E-state index in [1.807, 2.05) is 31.2 Å². The van der Waals surface area contributed by atoms with Crippen LogP contribution < -0.4 is 5.32 Å². The summed E-state index contributed by atoms with van der Waals surface area (Å²) in [6.07, 6.45) is 0. The van der Waals surface area contributed by atoms with Crippen LogP contribution in [0.4, 0.5) is 0 Å². The van der Waals surface area contributed by atoms with Gasteiger partial charge in [0.2, 0.25) is 5.91 Å². The van der Waals surface area contributed by atoms with Crippen LogP contribution in [0.2, 0.25) is 5.02 Å². The summed E-state index contributed by atoms with van der Waals surface area (Å²) < 4.78 is 0. The Morgan fingerprint density at radius 1 is 1.04 bits per heavy atom. The highest BCUT2D eigenvalue weighted by Crippen LogP contribution is 2.22. The highest BCUT2D eigenvalue weighted by atomic mass is 35.5. The second-order valence-electron chi connectivity index (χ2n) is 6.94. The topological polar surface area (TPSA) is 29.1 Å². The Morgan fingerprint density at radius 3 is 2.13 bits per heavy atom. The second-order valence-corrected chi connectivity index (χ2v) is 7.37. The molecule has 0 heterocycles. The van der Waals surface area contributed by atoms with Gasteiger partial charge < -0.3 is 5.32 Å². The van der Waals surface area contributed by atoms with Crippen LogP contribution in [-0.4, -0.2) is 5.91 Å². The van der Waals surface area contributed by atoms with Gasteiger partial charge in [0.15, 0.2) is 0 Å². The molecule has 3 heteroatoms. The number of benzene rings is 2. The van der Waals surface area contributed by atoms with Crippen molar-refractivity contribution in [2.75, 3.05) is 0 Å². The van der Waals surface area contributed by atoms with Crippen LogP contribution in [0.15, 0.2) is 48.5 Å². The van der Waals surface area contributed by atoms with Crippen LogP contribution in [0.25, 0.3) is 0 Å². The molecule has 0 saturated heterocycles. The molecule has 0 aromatic heterocycles. The Kier molecular flexibility index (Phi) is 5.48. The first-order valence-corrected chi connectivity index (χ1v) is 8.28. The lowest BCUT2D eigenvalue weighted by Crippen LogP contribution is -2.27. The fourth-order valence-corrected chi connectivity index (χ4v) is 2.49. The molecule has 0 saturated carbocycles. The number of rotatable bonds is 4. The maximum Gasteiger partial charge on any atom is 0.227 e. The standard InChI is InChI=1S/C20H24ClNO/c1-14(16-7-11-18(21)12-8-16)19(23)22-13-15-5-9-17(10-6-15)20(2,3)4/h5-12,14H,13H2,1-4H3,(H,22,23). The molecule has 0 radical (unpaired) electrons. The minimum Gasteiger partial charge on any atom is -0.352 e. The molecule has 1 amide bonds. The van der Waals surface area contributed by atoms with Crippen molar-refractivity contribution in [2.24, 2.45) is 0 Å². The number of hydrogen-bond donors (Lipinski definition) is 1. The van der Waals surface area contributed by atoms with Crippen molar-refractivity contribution in [2.45, 2.75) is 45.6 Å². The molecule has 0 aliphatic rings. The zero-order valence-corrected chi connectivity index (χ0v) is 14.9. The lowest BCUT2D eigenvalue weighted by molar-refractivity contribution is -0.122. The van der Waals surface area contributed by atoms with Gasteiger partial charge in [-0.15, -0.1) is 0 Å². The van der Waals surface area contributed by atoms with Gasteiger partial charge in [0.1, 0.15) is 0 Å². The van der Waals surface area contributed by atoms with E-state index in [2.05, 4.69) is 50.4 Å². The third-order valence-corrected chi connectivity index (χ3v) is 4.30. The quantitative estimate of drug-likeness (QED) is 0.834. The highest BCUT2D eigenvalue weighted by Gasteiger charge is 2.15. The molecular weight excluding hydrogens is 306 g/mol. The molecule has 2 aromatic carbocycles. The van der Waals surface area contributed by atoms with Gasteiger partial charge in [-0.05, 0) is 41.2 Å². The summed E-state index contributed by atoms with van der Waals surface area (Å²) in [5.74, 6) is -0.173. The maximum atomic E-state index is 12.3. The predicted molar refractivity (Wildman–Crippen MR) is 96.9 cm³/mol. The van der Waals surface area contributed by atoms with Crippen molar-refractivity contribution < 1.29 is 4.79 Å². The van der Waals surface area contributed by atoms with Gasteiger partial charge in [-0.1, -0.05) is 68.8 Å². The Labute approximate surface area is 143 Å². The minimum absolute atomic E-state index is 0.0206. The number of nitrogens with one attached hydrogen (secondary N) is 1. The van der Waals surface area contributed by atoms with Crippen LogP contribution in [0, 0.1) is 0 Å². The van der Waals surface area contributed by atoms with E-state index in [0.717, 1.165) is 11.1 Å². The van der Waals surface area contributed by atoms with Gasteiger partial charge in [0.25, 0.3) is 0 Å². The smallest absolute Gasteiger partial charge is 0.227 e. The average molecular weight is 330 g/mol. The van der Waals surface area contributed by atoms with E-state index >= 15 is 0 Å². The second kappa shape index (κ2) is 7.18. The van der Waals surface area contributed by atoms with Gasteiger partial charge in [-0.2, -0.15) is 0 Å². The van der Waals surface area contributed by atoms with Crippen LogP contribution in [-0.2, 0) is 16.8 Å². The molecule has 2 aromatic rings. The summed E-state index contributed by atoms with van der Waals surface area (Å²) in [5.41, 5.74) is 3.51. The maximum absolute atomic E-state index is 12.3. The van der Waals surface area contributed by atoms with E-state index in [-0.39, 0.29) is 17.2 Å². The van der Waals surface area contributed by atoms with E-state index in [1.54, 1.807) is 0 Å². The SMILES string of the molecule is CC(C(=O)NCc1ccc(C(C)(C)C)cc1)c1ccc(Cl)cc1. The van der Waals surface area contributed by atoms with E-state index in [1.165, 1.54) is 5.56 Å². The first-order chi connectivity index (χ1) is 10.8. The van der Waals surface area contributed by atoms with Gasteiger partial charge >= 0.3 is 0 Å². The molecule has 2 rings (SSSR count). The van der Waals surface area contributed by atoms with Gasteiger partial charge in [0, 0.05) is 11.6 Å². The molecule has 1 atom stereocenters. The molecule has 0 spiro atoms. The number of hydrogen-bond acceptors (Lipinski definition) is 1. The summed E-state index contributed by atoms with van der Waals surface area (Å²) in [6.45, 7) is 9.02. The van der Waals surface area contributed by atoms with Crippen molar-refractivity contribution in [3.63, 3.8) is 0 Å². The first kappa shape index (κ1) is 17.6. The summed E-state index contributed by atoms with van der Waals surface area (Å²) in [7, 11) is 0. The van der Waals surface area contributed by atoms with E-state index in [4.69, 9.17) is 11.6 Å². The summed E-state index contributed by atoms with van der Waals surface area (Å²) >= 11 is 5.88. The zero-order chi connectivity index (χ0) is 17.0. The molecule has 0 aliphatic carbocycles. The van der Waals surface area contributed by atoms with E-state index in [9.17, 15) is 4.79 Å². The number of amides is 1. The van der Waals surface area contributed by atoms with E-state index < -0.39 is 0 Å². The fourth-order valence-electron chi connectivity index (χ4n) is 2.37. The molecule has 23 heavy (non-hydrogen) atoms. The molecule has 1 N–H and O–H groups in total. The predicted octanol–water partition coefficient (Wildman–Crippen LogP) is 5.06. The van der Waals surface area contributed by atoms with Gasteiger partial charge in [-0.3, -0.25) is 4.79 Å². The third kappa shape index (κ3) is 4.84. The molecule has 0 bridgehead atoms. The van der Waals surface area contributed by atoms with Crippen LogP contribution >= 0.6 is 11.6 Å². The molecule has 122 valence electrons. The van der Waals surface area contributed by atoms with Gasteiger partial charge in [0.05, 0.1) is 5.92 Å². The monoisotopic (exact) mass is 329 g/mol. The minimum atomic E-state index is -0.193. The van der Waals surface area contributed by atoms with E-state index in [0.29, 0.717) is 11.6 Å². The van der Waals surface area contributed by atoms with Gasteiger partial charge in [-0.25, -0.2) is 0 Å². The van der Waals surface area contributed by atoms with Crippen molar-refractivity contribution in [3.05, 3.63) is 70.2 Å². The largest absolute Gasteiger partial charge is 0.352 e. The Balaban J connectivity index is 1.94. The lowest BCUT2D eigenvalue weighted by Gasteiger charge is -2.19. The number of halogens is 1. The van der Waals surface area contributed by atoms with Crippen molar-refractivity contribution in [1.82, 2.24) is 5.32 Å². The van der Waals surface area contributed by atoms with Crippen LogP contribution in [0.3, 0.4) is 0 Å². The van der Waals surface area contributed by atoms with Crippen molar-refractivity contribution >= 4 is 17.5 Å². The average Bonchev–Trinajstić information content (AvgIpc) is 2.52. The highest BCUT2D eigenvalue weighted by molar-refractivity contribution is 6.30. The third-order valence-electron chi connectivity index (χ3n) is 4.05. The number of carbonyl (C=O) groups excluding carboxylic acids is 1. The zero-order valence-electron chi connectivity index (χ0n) is 14.2. The number of carbonyl (C=O) groups is 1. The van der Waals surface area contributed by atoms with Crippen molar-refractivity contribution in [3.8, 4) is 0 Å². The van der Waals surface area contributed by atoms with Crippen LogP contribution in [0.1, 0.15) is 50.3 Å².